The first kappa shape index (κ1) is 15.4. The number of nitrogens with zero attached hydrogens (tertiary/aromatic N) is 1. The van der Waals surface area contributed by atoms with Crippen molar-refractivity contribution in [2.75, 3.05) is 20.2 Å². The van der Waals surface area contributed by atoms with Crippen LogP contribution in [-0.4, -0.2) is 43.0 Å². The number of para-hydroxylation sites is 1. The van der Waals surface area contributed by atoms with Gasteiger partial charge in [-0.25, -0.2) is 0 Å². The van der Waals surface area contributed by atoms with Gasteiger partial charge in [0.05, 0.1) is 6.61 Å². The second kappa shape index (κ2) is 7.11. The van der Waals surface area contributed by atoms with Crippen LogP contribution in [0.4, 0.5) is 0 Å². The van der Waals surface area contributed by atoms with Crippen LogP contribution in [0.2, 0.25) is 0 Å². The quantitative estimate of drug-likeness (QED) is 0.862. The lowest BCUT2D eigenvalue weighted by Gasteiger charge is -2.16. The average molecular weight is 290 g/mol. The Hall–Kier alpha value is -2.04. The van der Waals surface area contributed by atoms with Gasteiger partial charge in [0.2, 0.25) is 11.8 Å². The first-order valence-electron chi connectivity index (χ1n) is 7.31. The Labute approximate surface area is 125 Å². The van der Waals surface area contributed by atoms with Gasteiger partial charge in [-0.15, -0.1) is 0 Å². The van der Waals surface area contributed by atoms with E-state index in [0.29, 0.717) is 26.0 Å². The normalized spacial score (nSPS) is 19.4. The van der Waals surface area contributed by atoms with Crippen molar-refractivity contribution in [1.82, 2.24) is 10.2 Å². The van der Waals surface area contributed by atoms with Gasteiger partial charge in [-0.2, -0.15) is 0 Å². The molecule has 2 atom stereocenters. The van der Waals surface area contributed by atoms with E-state index < -0.39 is 0 Å². The Morgan fingerprint density at radius 1 is 1.43 bits per heavy atom. The number of carbonyl (C=O) groups excluding carboxylic acids is 2. The van der Waals surface area contributed by atoms with Crippen LogP contribution in [0.1, 0.15) is 19.8 Å². The Morgan fingerprint density at radius 3 is 2.76 bits per heavy atom. The van der Waals surface area contributed by atoms with E-state index in [-0.39, 0.29) is 23.8 Å². The predicted octanol–water partition coefficient (Wildman–Crippen LogP) is 1.44. The lowest BCUT2D eigenvalue weighted by molar-refractivity contribution is -0.133. The highest BCUT2D eigenvalue weighted by Crippen LogP contribution is 2.12. The lowest BCUT2D eigenvalue weighted by atomic mass is 10.1. The van der Waals surface area contributed by atoms with Crippen LogP contribution in [0, 0.1) is 5.92 Å². The molecule has 1 fully saturated rings. The minimum Gasteiger partial charge on any atom is -0.494 e. The van der Waals surface area contributed by atoms with Crippen molar-refractivity contribution in [2.45, 2.75) is 25.8 Å². The molecule has 1 N–H and O–H groups in total. The minimum absolute atomic E-state index is 0.00362. The number of carbonyl (C=O) groups is 2. The summed E-state index contributed by atoms with van der Waals surface area (Å²) in [5.41, 5.74) is 0. The smallest absolute Gasteiger partial charge is 0.244 e. The summed E-state index contributed by atoms with van der Waals surface area (Å²) >= 11 is 0. The number of benzene rings is 1. The first-order valence-corrected chi connectivity index (χ1v) is 7.31. The van der Waals surface area contributed by atoms with Crippen molar-refractivity contribution in [3.63, 3.8) is 0 Å². The van der Waals surface area contributed by atoms with Gasteiger partial charge >= 0.3 is 0 Å². The molecule has 2 rings (SSSR count). The van der Waals surface area contributed by atoms with Crippen LogP contribution >= 0.6 is 0 Å². The van der Waals surface area contributed by atoms with Crippen molar-refractivity contribution in [1.29, 1.82) is 0 Å². The van der Waals surface area contributed by atoms with Gasteiger partial charge in [0.15, 0.2) is 0 Å². The molecule has 114 valence electrons. The number of likely N-dealkylation sites (tertiary alicyclic amines) is 1. The fourth-order valence-corrected chi connectivity index (χ4v) is 2.27. The highest BCUT2D eigenvalue weighted by molar-refractivity contribution is 5.89. The Kier molecular flexibility index (Phi) is 5.20. The van der Waals surface area contributed by atoms with Crippen LogP contribution < -0.4 is 10.1 Å². The van der Waals surface area contributed by atoms with Gasteiger partial charge < -0.3 is 15.0 Å². The van der Waals surface area contributed by atoms with Gasteiger partial charge in [-0.3, -0.25) is 9.59 Å². The third-order valence-electron chi connectivity index (χ3n) is 3.75. The molecule has 0 saturated carbocycles. The fourth-order valence-electron chi connectivity index (χ4n) is 2.27. The standard InChI is InChI=1S/C16H22N2O3/c1-12(9-11-21-13-6-4-3-5-7-13)15(19)17-14-8-10-18(2)16(14)20/h3-7,12,14H,8-11H2,1-2H3,(H,17,19)/t12-,14+/m1/s1. The van der Waals surface area contributed by atoms with E-state index in [0.717, 1.165) is 5.75 Å². The molecule has 1 aliphatic heterocycles. The Morgan fingerprint density at radius 2 is 2.14 bits per heavy atom. The van der Waals surface area contributed by atoms with E-state index in [1.165, 1.54) is 0 Å². The molecule has 5 nitrogen and oxygen atoms in total. The molecule has 1 aromatic rings. The maximum atomic E-state index is 12.1. The summed E-state index contributed by atoms with van der Waals surface area (Å²) in [5, 5.41) is 2.82. The summed E-state index contributed by atoms with van der Waals surface area (Å²) in [6.45, 7) is 3.04. The third-order valence-corrected chi connectivity index (χ3v) is 3.75. The van der Waals surface area contributed by atoms with E-state index in [1.54, 1.807) is 11.9 Å². The van der Waals surface area contributed by atoms with Crippen molar-refractivity contribution >= 4 is 11.8 Å². The molecule has 21 heavy (non-hydrogen) atoms. The van der Waals surface area contributed by atoms with Crippen LogP contribution in [0.5, 0.6) is 5.75 Å². The monoisotopic (exact) mass is 290 g/mol. The largest absolute Gasteiger partial charge is 0.494 e. The van der Waals surface area contributed by atoms with Gasteiger partial charge in [-0.1, -0.05) is 25.1 Å². The lowest BCUT2D eigenvalue weighted by Crippen LogP contribution is -2.43. The minimum atomic E-state index is -0.361. The van der Waals surface area contributed by atoms with E-state index in [4.69, 9.17) is 4.74 Å². The Bertz CT molecular complexity index is 490. The van der Waals surface area contributed by atoms with Gasteiger partial charge in [0.1, 0.15) is 11.8 Å². The summed E-state index contributed by atoms with van der Waals surface area (Å²) < 4.78 is 5.58. The summed E-state index contributed by atoms with van der Waals surface area (Å²) in [4.78, 5) is 25.5. The molecule has 1 saturated heterocycles. The number of nitrogens with one attached hydrogen (secondary N) is 1. The van der Waals surface area contributed by atoms with E-state index in [2.05, 4.69) is 5.32 Å². The van der Waals surface area contributed by atoms with Crippen LogP contribution in [0.3, 0.4) is 0 Å². The SMILES string of the molecule is C[C@H](CCOc1ccccc1)C(=O)N[C@H]1CCN(C)C1=O. The number of amides is 2. The number of hydrogen-bond donors (Lipinski definition) is 1. The zero-order chi connectivity index (χ0) is 15.2. The maximum Gasteiger partial charge on any atom is 0.244 e. The second-order valence-electron chi connectivity index (χ2n) is 5.46. The molecule has 1 aromatic carbocycles. The maximum absolute atomic E-state index is 12.1. The summed E-state index contributed by atoms with van der Waals surface area (Å²) in [6.07, 6.45) is 1.31. The molecule has 0 unspecified atom stereocenters. The number of rotatable bonds is 6. The van der Waals surface area contributed by atoms with Gasteiger partial charge in [-0.05, 0) is 25.0 Å². The van der Waals surface area contributed by atoms with E-state index in [9.17, 15) is 9.59 Å². The predicted molar refractivity (Wildman–Crippen MR) is 79.9 cm³/mol. The van der Waals surface area contributed by atoms with Crippen molar-refractivity contribution < 1.29 is 14.3 Å². The summed E-state index contributed by atoms with van der Waals surface area (Å²) in [5.74, 6) is 0.543. The average Bonchev–Trinajstić information content (AvgIpc) is 2.80. The molecule has 0 aliphatic carbocycles. The highest BCUT2D eigenvalue weighted by Gasteiger charge is 2.31. The molecule has 0 aromatic heterocycles. The van der Waals surface area contributed by atoms with Crippen molar-refractivity contribution in [3.8, 4) is 5.75 Å². The molecule has 1 heterocycles. The van der Waals surface area contributed by atoms with Gasteiger partial charge in [0, 0.05) is 19.5 Å². The number of ether oxygens (including phenoxy) is 1. The molecular weight excluding hydrogens is 268 g/mol. The second-order valence-corrected chi connectivity index (χ2v) is 5.46. The number of likely N-dealkylation sites (N-methyl/N-ethyl adjacent to an activating group) is 1. The van der Waals surface area contributed by atoms with E-state index in [1.807, 2.05) is 37.3 Å². The molecule has 0 radical (unpaired) electrons. The number of hydrogen-bond acceptors (Lipinski definition) is 3. The van der Waals surface area contributed by atoms with Gasteiger partial charge in [0.25, 0.3) is 0 Å². The Balaban J connectivity index is 1.71. The topological polar surface area (TPSA) is 58.6 Å². The molecule has 2 amide bonds. The summed E-state index contributed by atoms with van der Waals surface area (Å²) in [7, 11) is 1.76. The first-order chi connectivity index (χ1) is 10.1. The third kappa shape index (κ3) is 4.21. The molecular formula is C16H22N2O3. The van der Waals surface area contributed by atoms with Crippen molar-refractivity contribution in [3.05, 3.63) is 30.3 Å². The van der Waals surface area contributed by atoms with E-state index >= 15 is 0 Å². The van der Waals surface area contributed by atoms with Crippen LogP contribution in [-0.2, 0) is 9.59 Å². The van der Waals surface area contributed by atoms with Crippen molar-refractivity contribution in [2.24, 2.45) is 5.92 Å². The molecule has 0 spiro atoms. The summed E-state index contributed by atoms with van der Waals surface area (Å²) in [6, 6.07) is 9.16. The zero-order valence-corrected chi connectivity index (χ0v) is 12.5. The highest BCUT2D eigenvalue weighted by atomic mass is 16.5. The molecule has 5 heteroatoms. The fraction of sp³-hybridized carbons (Fsp3) is 0.500. The van der Waals surface area contributed by atoms with Crippen LogP contribution in [0.15, 0.2) is 30.3 Å². The van der Waals surface area contributed by atoms with Crippen LogP contribution in [0.25, 0.3) is 0 Å². The molecule has 0 bridgehead atoms. The molecule has 1 aliphatic rings. The zero-order valence-electron chi connectivity index (χ0n) is 12.5.